The number of ether oxygens (including phenoxy) is 1. The third-order valence-corrected chi connectivity index (χ3v) is 10.6. The third-order valence-electron chi connectivity index (χ3n) is 7.80. The van der Waals surface area contributed by atoms with Crippen molar-refractivity contribution in [1.82, 2.24) is 4.57 Å². The zero-order chi connectivity index (χ0) is 23.4. The van der Waals surface area contributed by atoms with Crippen molar-refractivity contribution in [3.8, 4) is 5.75 Å². The van der Waals surface area contributed by atoms with Gasteiger partial charge in [-0.3, -0.25) is 14.2 Å². The van der Waals surface area contributed by atoms with E-state index in [1.807, 2.05) is 55.1 Å². The van der Waals surface area contributed by atoms with Gasteiger partial charge in [-0.2, -0.15) is 0 Å². The maximum absolute atomic E-state index is 13.2. The van der Waals surface area contributed by atoms with Crippen LogP contribution < -0.4 is 14.9 Å². The fraction of sp³-hybridized carbons (Fsp3) is 0.407. The summed E-state index contributed by atoms with van der Waals surface area (Å²) in [5, 5.41) is 4.47. The van der Waals surface area contributed by atoms with E-state index in [4.69, 9.17) is 4.74 Å². The van der Waals surface area contributed by atoms with Gasteiger partial charge in [-0.15, -0.1) is 11.8 Å². The maximum Gasteiger partial charge on any atom is 0.308 e. The van der Waals surface area contributed by atoms with Gasteiger partial charge in [0.25, 0.3) is 0 Å². The fourth-order valence-corrected chi connectivity index (χ4v) is 9.40. The summed E-state index contributed by atoms with van der Waals surface area (Å²) < 4.78 is 7.10. The Hall–Kier alpha value is -2.51. The summed E-state index contributed by atoms with van der Waals surface area (Å²) >= 11 is 3.19. The zero-order valence-electron chi connectivity index (χ0n) is 19.3. The first kappa shape index (κ1) is 22.0. The molecule has 0 spiro atoms. The van der Waals surface area contributed by atoms with Crippen LogP contribution >= 0.6 is 23.1 Å². The monoisotopic (exact) mass is 492 g/mol. The Morgan fingerprint density at radius 3 is 2.56 bits per heavy atom. The van der Waals surface area contributed by atoms with Crippen LogP contribution in [0.2, 0.25) is 0 Å². The number of anilines is 1. The Morgan fingerprint density at radius 2 is 1.82 bits per heavy atom. The maximum atomic E-state index is 13.2. The highest BCUT2D eigenvalue weighted by atomic mass is 32.2. The van der Waals surface area contributed by atoms with Gasteiger partial charge >= 0.3 is 4.87 Å². The number of aryl methyl sites for hydroxylation is 1. The van der Waals surface area contributed by atoms with Crippen molar-refractivity contribution in [3.63, 3.8) is 0 Å². The van der Waals surface area contributed by atoms with Crippen LogP contribution in [0.15, 0.2) is 58.4 Å². The number of benzene rings is 2. The lowest BCUT2D eigenvalue weighted by Gasteiger charge is -2.40. The number of carbonyl (C=O) groups excluding carboxylic acids is 1. The highest BCUT2D eigenvalue weighted by Crippen LogP contribution is 2.64. The number of nitrogens with zero attached hydrogens (tertiary/aromatic N) is 1. The molecule has 2 bridgehead atoms. The second-order valence-electron chi connectivity index (χ2n) is 9.78. The van der Waals surface area contributed by atoms with E-state index in [2.05, 4.69) is 17.4 Å². The number of fused-ring (bicyclic) bond motifs is 6. The van der Waals surface area contributed by atoms with E-state index in [0.29, 0.717) is 17.1 Å². The van der Waals surface area contributed by atoms with Crippen LogP contribution in [0.4, 0.5) is 5.69 Å². The summed E-state index contributed by atoms with van der Waals surface area (Å²) in [5.41, 5.74) is 3.15. The minimum Gasteiger partial charge on any atom is -0.497 e. The average Bonchev–Trinajstić information content (AvgIpc) is 3.54. The minimum atomic E-state index is -0.164. The lowest BCUT2D eigenvalue weighted by Crippen LogP contribution is -2.34. The number of amides is 1. The van der Waals surface area contributed by atoms with Gasteiger partial charge in [0, 0.05) is 21.7 Å². The summed E-state index contributed by atoms with van der Waals surface area (Å²) in [7, 11) is 1.68. The summed E-state index contributed by atoms with van der Waals surface area (Å²) in [5.74, 6) is 2.87. The third kappa shape index (κ3) is 3.69. The van der Waals surface area contributed by atoms with Gasteiger partial charge in [0.1, 0.15) is 12.3 Å². The number of aromatic nitrogens is 1. The first-order valence-electron chi connectivity index (χ1n) is 11.9. The number of methoxy groups -OCH3 is 1. The van der Waals surface area contributed by atoms with Crippen molar-refractivity contribution in [2.45, 2.75) is 48.9 Å². The normalized spacial score (nSPS) is 26.7. The molecule has 1 aliphatic heterocycles. The Kier molecular flexibility index (Phi) is 5.57. The Bertz CT molecular complexity index is 1280. The molecule has 1 aromatic heterocycles. The van der Waals surface area contributed by atoms with Gasteiger partial charge < -0.3 is 10.1 Å². The van der Waals surface area contributed by atoms with Gasteiger partial charge in [-0.25, -0.2) is 0 Å². The lowest BCUT2D eigenvalue weighted by atomic mass is 9.75. The molecule has 2 aromatic carbocycles. The highest BCUT2D eigenvalue weighted by molar-refractivity contribution is 8.00. The van der Waals surface area contributed by atoms with Gasteiger partial charge in [-0.05, 0) is 73.8 Å². The van der Waals surface area contributed by atoms with E-state index in [0.717, 1.165) is 32.8 Å². The molecule has 4 unspecified atom stereocenters. The number of thiazole rings is 1. The average molecular weight is 493 g/mol. The molecule has 3 aliphatic rings. The number of nitrogens with one attached hydrogen (secondary N) is 1. The zero-order valence-corrected chi connectivity index (χ0v) is 21.0. The highest BCUT2D eigenvalue weighted by Gasteiger charge is 2.55. The van der Waals surface area contributed by atoms with Crippen LogP contribution in [0.1, 0.15) is 41.2 Å². The van der Waals surface area contributed by atoms with E-state index in [1.54, 1.807) is 11.7 Å². The van der Waals surface area contributed by atoms with Gasteiger partial charge in [0.05, 0.1) is 12.1 Å². The molecule has 0 saturated heterocycles. The molecule has 3 aromatic rings. The molecule has 0 radical (unpaired) electrons. The second-order valence-corrected chi connectivity index (χ2v) is 11.9. The molecule has 1 amide bonds. The Morgan fingerprint density at radius 1 is 1.09 bits per heavy atom. The molecular weight excluding hydrogens is 464 g/mol. The van der Waals surface area contributed by atoms with Crippen LogP contribution in [-0.4, -0.2) is 22.8 Å². The van der Waals surface area contributed by atoms with Crippen LogP contribution in [0.3, 0.4) is 0 Å². The van der Waals surface area contributed by atoms with Crippen molar-refractivity contribution < 1.29 is 9.53 Å². The summed E-state index contributed by atoms with van der Waals surface area (Å²) in [6.07, 6.45) is 3.87. The molecule has 1 N–H and O–H groups in total. The summed E-state index contributed by atoms with van der Waals surface area (Å²) in [4.78, 5) is 27.2. The standard InChI is InChI=1S/C27H28N2O3S2/c1-15-3-9-19(10-4-15)28-21(30)14-29-26-25(34-27(29)31)22(16-7-11-20(32-2)12-8-16)23-17-5-6-18(13-17)24(23)33-26/h3-4,7-12,17-18,22-24H,5-6,13-14H2,1-2H3,(H,28,30)/t17?,18?,22-,23?,24?/m1/s1. The van der Waals surface area contributed by atoms with Crippen LogP contribution in [0.5, 0.6) is 5.75 Å². The SMILES string of the molecule is COc1ccc([C@H]2c3sc(=O)n(CC(=O)Nc4ccc(C)cc4)c3SC3C4CCC(C4)C32)cc1. The summed E-state index contributed by atoms with van der Waals surface area (Å²) in [6, 6.07) is 16.1. The predicted molar refractivity (Wildman–Crippen MR) is 137 cm³/mol. The quantitative estimate of drug-likeness (QED) is 0.510. The molecule has 6 rings (SSSR count). The first-order valence-corrected chi connectivity index (χ1v) is 13.6. The fourth-order valence-electron chi connectivity index (χ4n) is 6.25. The first-order chi connectivity index (χ1) is 16.5. The lowest BCUT2D eigenvalue weighted by molar-refractivity contribution is -0.116. The number of hydrogen-bond acceptors (Lipinski definition) is 5. The van der Waals surface area contributed by atoms with Gasteiger partial charge in [0.2, 0.25) is 5.91 Å². The van der Waals surface area contributed by atoms with Crippen LogP contribution in [-0.2, 0) is 11.3 Å². The number of rotatable bonds is 5. The molecule has 2 fully saturated rings. The Labute approximate surface area is 207 Å². The Balaban J connectivity index is 1.35. The van der Waals surface area contributed by atoms with Gasteiger partial charge in [-0.1, -0.05) is 41.2 Å². The van der Waals surface area contributed by atoms with Crippen LogP contribution in [0.25, 0.3) is 0 Å². The van der Waals surface area contributed by atoms with E-state index >= 15 is 0 Å². The molecule has 176 valence electrons. The largest absolute Gasteiger partial charge is 0.497 e. The van der Waals surface area contributed by atoms with Crippen molar-refractivity contribution in [3.05, 3.63) is 74.2 Å². The van der Waals surface area contributed by atoms with Crippen molar-refractivity contribution in [1.29, 1.82) is 0 Å². The molecule has 7 heteroatoms. The molecular formula is C27H28N2O3S2. The summed E-state index contributed by atoms with van der Waals surface area (Å²) in [6.45, 7) is 2.06. The van der Waals surface area contributed by atoms with Crippen LogP contribution in [0, 0.1) is 24.7 Å². The molecule has 5 nitrogen and oxygen atoms in total. The van der Waals surface area contributed by atoms with E-state index in [9.17, 15) is 9.59 Å². The number of thioether (sulfide) groups is 1. The van der Waals surface area contributed by atoms with Gasteiger partial charge in [0.15, 0.2) is 0 Å². The van der Waals surface area contributed by atoms with E-state index in [1.165, 1.54) is 36.2 Å². The smallest absolute Gasteiger partial charge is 0.308 e. The van der Waals surface area contributed by atoms with Crippen molar-refractivity contribution in [2.75, 3.05) is 12.4 Å². The number of hydrogen-bond donors (Lipinski definition) is 1. The van der Waals surface area contributed by atoms with E-state index in [-0.39, 0.29) is 23.2 Å². The molecule has 2 aliphatic carbocycles. The second kappa shape index (κ2) is 8.61. The molecule has 34 heavy (non-hydrogen) atoms. The predicted octanol–water partition coefficient (Wildman–Crippen LogP) is 5.52. The molecule has 2 heterocycles. The minimum absolute atomic E-state index is 0.0395. The molecule has 5 atom stereocenters. The molecule has 2 saturated carbocycles. The van der Waals surface area contributed by atoms with Crippen molar-refractivity contribution in [2.24, 2.45) is 17.8 Å². The topological polar surface area (TPSA) is 60.3 Å². The van der Waals surface area contributed by atoms with E-state index < -0.39 is 0 Å². The number of carbonyl (C=O) groups is 1. The van der Waals surface area contributed by atoms with Crippen molar-refractivity contribution >= 4 is 34.7 Å².